The number of piperidine rings is 1. The second kappa shape index (κ2) is 5.46. The van der Waals surface area contributed by atoms with Gasteiger partial charge in [0, 0.05) is 51.1 Å². The van der Waals surface area contributed by atoms with Crippen molar-refractivity contribution in [3.8, 4) is 0 Å². The van der Waals surface area contributed by atoms with Gasteiger partial charge in [-0.2, -0.15) is 0 Å². The standard InChI is InChI=1S/C13H24N2O2/c1-13(2)11-12(16)3-4-15(13)6-5-14-7-9-17-10-8-14/h3-11H2,1-2H3. The van der Waals surface area contributed by atoms with Gasteiger partial charge in [-0.1, -0.05) is 0 Å². The Kier molecular flexibility index (Phi) is 4.17. The number of carbonyl (C=O) groups is 1. The summed E-state index contributed by atoms with van der Waals surface area (Å²) in [6.07, 6.45) is 1.43. The largest absolute Gasteiger partial charge is 0.379 e. The van der Waals surface area contributed by atoms with Crippen molar-refractivity contribution in [2.45, 2.75) is 32.2 Å². The zero-order valence-electron chi connectivity index (χ0n) is 11.1. The molecule has 2 aliphatic heterocycles. The molecule has 2 fully saturated rings. The monoisotopic (exact) mass is 240 g/mol. The number of rotatable bonds is 3. The molecule has 0 N–H and O–H groups in total. The van der Waals surface area contributed by atoms with Gasteiger partial charge in [-0.15, -0.1) is 0 Å². The van der Waals surface area contributed by atoms with Crippen molar-refractivity contribution in [1.82, 2.24) is 9.80 Å². The van der Waals surface area contributed by atoms with E-state index in [9.17, 15) is 4.79 Å². The molecular weight excluding hydrogens is 216 g/mol. The molecule has 0 spiro atoms. The van der Waals surface area contributed by atoms with E-state index in [0.29, 0.717) is 12.2 Å². The van der Waals surface area contributed by atoms with Crippen molar-refractivity contribution in [2.24, 2.45) is 0 Å². The fraction of sp³-hybridized carbons (Fsp3) is 0.923. The van der Waals surface area contributed by atoms with E-state index in [1.54, 1.807) is 0 Å². The Morgan fingerprint density at radius 2 is 1.88 bits per heavy atom. The lowest BCUT2D eigenvalue weighted by Crippen LogP contribution is -2.53. The fourth-order valence-corrected chi connectivity index (χ4v) is 2.75. The Bertz CT molecular complexity index is 273. The highest BCUT2D eigenvalue weighted by molar-refractivity contribution is 5.80. The van der Waals surface area contributed by atoms with Gasteiger partial charge in [-0.25, -0.2) is 0 Å². The second-order valence-corrected chi connectivity index (χ2v) is 5.72. The molecule has 0 amide bonds. The topological polar surface area (TPSA) is 32.8 Å². The van der Waals surface area contributed by atoms with Crippen LogP contribution < -0.4 is 0 Å². The summed E-state index contributed by atoms with van der Waals surface area (Å²) in [7, 11) is 0. The summed E-state index contributed by atoms with van der Waals surface area (Å²) < 4.78 is 5.35. The second-order valence-electron chi connectivity index (χ2n) is 5.72. The molecule has 2 rings (SSSR count). The number of nitrogens with zero attached hydrogens (tertiary/aromatic N) is 2. The van der Waals surface area contributed by atoms with Crippen LogP contribution in [0, 0.1) is 0 Å². The van der Waals surface area contributed by atoms with Gasteiger partial charge in [0.1, 0.15) is 5.78 Å². The van der Waals surface area contributed by atoms with Gasteiger partial charge < -0.3 is 4.74 Å². The van der Waals surface area contributed by atoms with E-state index in [-0.39, 0.29) is 5.54 Å². The van der Waals surface area contributed by atoms with Crippen LogP contribution in [-0.2, 0) is 9.53 Å². The first kappa shape index (κ1) is 13.0. The number of Topliss-reactive ketones (excluding diaryl/α,β-unsaturated/α-hetero) is 1. The highest BCUT2D eigenvalue weighted by atomic mass is 16.5. The minimum atomic E-state index is 0.0433. The number of hydrogen-bond acceptors (Lipinski definition) is 4. The summed E-state index contributed by atoms with van der Waals surface area (Å²) in [5.41, 5.74) is 0.0433. The zero-order chi connectivity index (χ0) is 12.3. The normalized spacial score (nSPS) is 27.3. The molecule has 2 saturated heterocycles. The molecule has 0 bridgehead atoms. The first-order valence-corrected chi connectivity index (χ1v) is 6.65. The van der Waals surface area contributed by atoms with Crippen LogP contribution in [-0.4, -0.2) is 67.1 Å². The lowest BCUT2D eigenvalue weighted by Gasteiger charge is -2.42. The Morgan fingerprint density at radius 3 is 2.53 bits per heavy atom. The van der Waals surface area contributed by atoms with Gasteiger partial charge in [0.05, 0.1) is 13.2 Å². The van der Waals surface area contributed by atoms with E-state index in [1.807, 2.05) is 0 Å². The predicted octanol–water partition coefficient (Wildman–Crippen LogP) is 0.762. The molecule has 0 atom stereocenters. The van der Waals surface area contributed by atoms with Crippen molar-refractivity contribution in [1.29, 1.82) is 0 Å². The quantitative estimate of drug-likeness (QED) is 0.729. The maximum atomic E-state index is 11.5. The maximum Gasteiger partial charge on any atom is 0.136 e. The van der Waals surface area contributed by atoms with E-state index in [4.69, 9.17) is 4.74 Å². The third kappa shape index (κ3) is 3.50. The van der Waals surface area contributed by atoms with E-state index >= 15 is 0 Å². The average Bonchev–Trinajstić information content (AvgIpc) is 2.28. The minimum Gasteiger partial charge on any atom is -0.379 e. The van der Waals surface area contributed by atoms with E-state index < -0.39 is 0 Å². The highest BCUT2D eigenvalue weighted by Crippen LogP contribution is 2.24. The van der Waals surface area contributed by atoms with Crippen molar-refractivity contribution in [3.05, 3.63) is 0 Å². The fourth-order valence-electron chi connectivity index (χ4n) is 2.75. The first-order chi connectivity index (χ1) is 8.08. The van der Waals surface area contributed by atoms with Gasteiger partial charge in [0.2, 0.25) is 0 Å². The molecule has 0 aliphatic carbocycles. The molecule has 17 heavy (non-hydrogen) atoms. The van der Waals surface area contributed by atoms with Gasteiger partial charge in [-0.05, 0) is 13.8 Å². The highest BCUT2D eigenvalue weighted by Gasteiger charge is 2.33. The smallest absolute Gasteiger partial charge is 0.136 e. The molecular formula is C13H24N2O2. The van der Waals surface area contributed by atoms with E-state index in [1.165, 1.54) is 0 Å². The third-order valence-electron chi connectivity index (χ3n) is 3.94. The van der Waals surface area contributed by atoms with Gasteiger partial charge in [-0.3, -0.25) is 14.6 Å². The molecule has 0 unspecified atom stereocenters. The number of likely N-dealkylation sites (tertiary alicyclic amines) is 1. The van der Waals surface area contributed by atoms with Gasteiger partial charge in [0.15, 0.2) is 0 Å². The SMILES string of the molecule is CC1(C)CC(=O)CCN1CCN1CCOCC1. The summed E-state index contributed by atoms with van der Waals surface area (Å²) in [4.78, 5) is 16.4. The van der Waals surface area contributed by atoms with Gasteiger partial charge >= 0.3 is 0 Å². The molecule has 0 radical (unpaired) electrons. The molecule has 2 heterocycles. The Balaban J connectivity index is 1.79. The lowest BCUT2D eigenvalue weighted by atomic mass is 9.89. The molecule has 0 aromatic carbocycles. The molecule has 4 nitrogen and oxygen atoms in total. The minimum absolute atomic E-state index is 0.0433. The van der Waals surface area contributed by atoms with Crippen molar-refractivity contribution in [3.63, 3.8) is 0 Å². The van der Waals surface area contributed by atoms with E-state index in [0.717, 1.165) is 52.4 Å². The molecule has 0 saturated carbocycles. The number of hydrogen-bond donors (Lipinski definition) is 0. The Labute approximate surface area is 104 Å². The molecule has 0 aromatic heterocycles. The van der Waals surface area contributed by atoms with Crippen molar-refractivity contribution < 1.29 is 9.53 Å². The van der Waals surface area contributed by atoms with Crippen LogP contribution in [0.1, 0.15) is 26.7 Å². The average molecular weight is 240 g/mol. The lowest BCUT2D eigenvalue weighted by molar-refractivity contribution is -0.125. The van der Waals surface area contributed by atoms with Crippen LogP contribution in [0.2, 0.25) is 0 Å². The zero-order valence-corrected chi connectivity index (χ0v) is 11.1. The number of carbonyl (C=O) groups excluding carboxylic acids is 1. The number of morpholine rings is 1. The maximum absolute atomic E-state index is 11.5. The molecule has 0 aromatic rings. The molecule has 98 valence electrons. The van der Waals surface area contributed by atoms with E-state index in [2.05, 4.69) is 23.6 Å². The summed E-state index contributed by atoms with van der Waals surface area (Å²) in [5.74, 6) is 0.414. The summed E-state index contributed by atoms with van der Waals surface area (Å²) in [5, 5.41) is 0. The Hall–Kier alpha value is -0.450. The van der Waals surface area contributed by atoms with Crippen LogP contribution in [0.5, 0.6) is 0 Å². The Morgan fingerprint density at radius 1 is 1.18 bits per heavy atom. The summed E-state index contributed by atoms with van der Waals surface area (Å²) in [6.45, 7) is 11.3. The van der Waals surface area contributed by atoms with Crippen LogP contribution in [0.4, 0.5) is 0 Å². The van der Waals surface area contributed by atoms with Crippen molar-refractivity contribution in [2.75, 3.05) is 45.9 Å². The van der Waals surface area contributed by atoms with Crippen LogP contribution in [0.15, 0.2) is 0 Å². The third-order valence-corrected chi connectivity index (χ3v) is 3.94. The van der Waals surface area contributed by atoms with Crippen molar-refractivity contribution >= 4 is 5.78 Å². The summed E-state index contributed by atoms with van der Waals surface area (Å²) in [6, 6.07) is 0. The molecule has 4 heteroatoms. The van der Waals surface area contributed by atoms with Crippen LogP contribution >= 0.6 is 0 Å². The summed E-state index contributed by atoms with van der Waals surface area (Å²) >= 11 is 0. The molecule has 2 aliphatic rings. The first-order valence-electron chi connectivity index (χ1n) is 6.65. The van der Waals surface area contributed by atoms with Crippen LogP contribution in [0.3, 0.4) is 0 Å². The van der Waals surface area contributed by atoms with Gasteiger partial charge in [0.25, 0.3) is 0 Å². The predicted molar refractivity (Wildman–Crippen MR) is 67.2 cm³/mol. The number of ether oxygens (including phenoxy) is 1. The number of ketones is 1. The van der Waals surface area contributed by atoms with Crippen LogP contribution in [0.25, 0.3) is 0 Å².